The maximum Gasteiger partial charge on any atom is 0.246 e. The van der Waals surface area contributed by atoms with Crippen molar-refractivity contribution < 1.29 is 9.59 Å². The largest absolute Gasteiger partial charge is 0.356 e. The van der Waals surface area contributed by atoms with Crippen molar-refractivity contribution in [2.24, 2.45) is 5.92 Å². The van der Waals surface area contributed by atoms with Crippen LogP contribution in [0.5, 0.6) is 0 Å². The minimum Gasteiger partial charge on any atom is -0.356 e. The van der Waals surface area contributed by atoms with Crippen LogP contribution in [0, 0.1) is 5.92 Å². The van der Waals surface area contributed by atoms with Crippen LogP contribution in [0.3, 0.4) is 0 Å². The molecule has 2 N–H and O–H groups in total. The first-order valence-corrected chi connectivity index (χ1v) is 11.0. The minimum absolute atomic E-state index is 0.00492. The predicted molar refractivity (Wildman–Crippen MR) is 122 cm³/mol. The van der Waals surface area contributed by atoms with Crippen molar-refractivity contribution in [3.8, 4) is 0 Å². The van der Waals surface area contributed by atoms with Gasteiger partial charge in [0.1, 0.15) is 12.1 Å². The molecule has 0 bridgehead atoms. The van der Waals surface area contributed by atoms with E-state index in [0.29, 0.717) is 18.8 Å². The Labute approximate surface area is 182 Å². The highest BCUT2D eigenvalue weighted by Crippen LogP contribution is 2.40. The van der Waals surface area contributed by atoms with Crippen LogP contribution in [-0.4, -0.2) is 33.8 Å². The highest BCUT2D eigenvalue weighted by Gasteiger charge is 2.47. The van der Waals surface area contributed by atoms with E-state index in [-0.39, 0.29) is 17.9 Å². The molecule has 3 aromatic rings. The van der Waals surface area contributed by atoms with Gasteiger partial charge >= 0.3 is 0 Å². The van der Waals surface area contributed by atoms with Crippen molar-refractivity contribution >= 4 is 28.8 Å². The number of aromatic amines is 1. The monoisotopic (exact) mass is 413 g/mol. The summed E-state index contributed by atoms with van der Waals surface area (Å²) in [6.45, 7) is 4.15. The zero-order valence-electron chi connectivity index (χ0n) is 17.8. The number of nitrogens with zero attached hydrogens (tertiary/aromatic N) is 1. The Morgan fingerprint density at radius 1 is 1.06 bits per heavy atom. The Kier molecular flexibility index (Phi) is 4.89. The molecule has 0 saturated carbocycles. The fourth-order valence-electron chi connectivity index (χ4n) is 4.92. The van der Waals surface area contributed by atoms with Crippen molar-refractivity contribution in [2.45, 2.75) is 44.8 Å². The lowest BCUT2D eigenvalue weighted by Crippen LogP contribution is -2.65. The molecule has 1 aromatic heterocycles. The van der Waals surface area contributed by atoms with E-state index in [1.54, 1.807) is 0 Å². The van der Waals surface area contributed by atoms with Crippen LogP contribution in [-0.2, 0) is 16.0 Å². The molecule has 1 unspecified atom stereocenters. The number of fused-ring (bicyclic) bond motifs is 4. The van der Waals surface area contributed by atoms with Crippen molar-refractivity contribution in [3.63, 3.8) is 0 Å². The molecular weight excluding hydrogens is 386 g/mol. The summed E-state index contributed by atoms with van der Waals surface area (Å²) in [5.74, 6) is 0.266. The smallest absolute Gasteiger partial charge is 0.246 e. The van der Waals surface area contributed by atoms with Gasteiger partial charge in [0, 0.05) is 23.0 Å². The van der Waals surface area contributed by atoms with Crippen molar-refractivity contribution in [3.05, 3.63) is 77.5 Å². The number of aromatic nitrogens is 1. The van der Waals surface area contributed by atoms with Gasteiger partial charge in [-0.3, -0.25) is 9.59 Å². The van der Waals surface area contributed by atoms with Crippen LogP contribution in [0.25, 0.3) is 17.0 Å². The number of hydrogen-bond donors (Lipinski definition) is 2. The minimum atomic E-state index is -0.493. The molecule has 158 valence electrons. The van der Waals surface area contributed by atoms with Crippen LogP contribution >= 0.6 is 0 Å². The summed E-state index contributed by atoms with van der Waals surface area (Å²) in [7, 11) is 0. The van der Waals surface area contributed by atoms with Gasteiger partial charge < -0.3 is 15.2 Å². The summed E-state index contributed by atoms with van der Waals surface area (Å²) in [5, 5.41) is 4.12. The van der Waals surface area contributed by atoms with Crippen molar-refractivity contribution in [1.82, 2.24) is 15.2 Å². The molecule has 3 atom stereocenters. The Morgan fingerprint density at radius 3 is 2.58 bits per heavy atom. The molecule has 2 aromatic carbocycles. The van der Waals surface area contributed by atoms with Gasteiger partial charge in [-0.1, -0.05) is 74.5 Å². The first-order chi connectivity index (χ1) is 15.0. The number of rotatable bonds is 4. The number of hydrogen-bond acceptors (Lipinski definition) is 2. The summed E-state index contributed by atoms with van der Waals surface area (Å²) in [6.07, 6.45) is 5.27. The van der Waals surface area contributed by atoms with E-state index in [9.17, 15) is 9.59 Å². The van der Waals surface area contributed by atoms with E-state index in [4.69, 9.17) is 0 Å². The van der Waals surface area contributed by atoms with Crippen molar-refractivity contribution in [1.29, 1.82) is 0 Å². The molecule has 1 fully saturated rings. The van der Waals surface area contributed by atoms with Crippen molar-refractivity contribution in [2.75, 3.05) is 0 Å². The molecule has 31 heavy (non-hydrogen) atoms. The molecule has 5 rings (SSSR count). The lowest BCUT2D eigenvalue weighted by molar-refractivity contribution is -0.152. The maximum atomic E-state index is 13.6. The van der Waals surface area contributed by atoms with Gasteiger partial charge in [-0.05, 0) is 29.5 Å². The molecule has 2 aliphatic heterocycles. The number of nitrogens with one attached hydrogen (secondary N) is 2. The number of carbonyl (C=O) groups is 2. The quantitative estimate of drug-likeness (QED) is 0.673. The van der Waals surface area contributed by atoms with Crippen LogP contribution < -0.4 is 5.32 Å². The maximum absolute atomic E-state index is 13.6. The van der Waals surface area contributed by atoms with E-state index in [1.807, 2.05) is 59.5 Å². The number of benzene rings is 2. The van der Waals surface area contributed by atoms with Gasteiger partial charge in [0.2, 0.25) is 11.8 Å². The van der Waals surface area contributed by atoms with Gasteiger partial charge in [0.25, 0.3) is 0 Å². The molecule has 0 radical (unpaired) electrons. The zero-order valence-corrected chi connectivity index (χ0v) is 17.8. The van der Waals surface area contributed by atoms with Gasteiger partial charge in [-0.2, -0.15) is 0 Å². The average Bonchev–Trinajstić information content (AvgIpc) is 3.14. The predicted octanol–water partition coefficient (Wildman–Crippen LogP) is 4.22. The number of carbonyl (C=O) groups excluding carboxylic acids is 2. The zero-order chi connectivity index (χ0) is 21.5. The highest BCUT2D eigenvalue weighted by molar-refractivity contribution is 5.99. The summed E-state index contributed by atoms with van der Waals surface area (Å²) in [5.41, 5.74) is 4.24. The number of amides is 2. The second-order valence-corrected chi connectivity index (χ2v) is 8.93. The summed E-state index contributed by atoms with van der Waals surface area (Å²) in [6, 6.07) is 16.9. The molecule has 1 saturated heterocycles. The SMILES string of the molecule is CC(C)C[C@@H]1NC(=O)[C@@H]2Cc3c([nH]c4ccccc34)C(/C=C/c3ccccc3)N2C1=O. The van der Waals surface area contributed by atoms with Crippen LogP contribution in [0.1, 0.15) is 43.1 Å². The standard InChI is InChI=1S/C26H27N3O2/c1-16(2)14-21-26(31)29-22(13-12-17-8-4-3-5-9-17)24-19(15-23(29)25(30)28-21)18-10-6-7-11-20(18)27-24/h3-13,16,21-23,27H,14-15H2,1-2H3,(H,28,30)/b13-12+/t21-,22?,23-/m0/s1. The Hall–Kier alpha value is -3.34. The van der Waals surface area contributed by atoms with Crippen LogP contribution in [0.2, 0.25) is 0 Å². The topological polar surface area (TPSA) is 65.2 Å². The van der Waals surface area contributed by atoms with E-state index in [0.717, 1.165) is 27.7 Å². The Morgan fingerprint density at radius 2 is 1.81 bits per heavy atom. The first-order valence-electron chi connectivity index (χ1n) is 11.0. The third-order valence-electron chi connectivity index (χ3n) is 6.32. The Bertz CT molecular complexity index is 1160. The summed E-state index contributed by atoms with van der Waals surface area (Å²) in [4.78, 5) is 32.0. The molecule has 2 amide bonds. The van der Waals surface area contributed by atoms with Crippen LogP contribution in [0.4, 0.5) is 0 Å². The number of para-hydroxylation sites is 1. The second kappa shape index (κ2) is 7.73. The van der Waals surface area contributed by atoms with Crippen LogP contribution in [0.15, 0.2) is 60.7 Å². The summed E-state index contributed by atoms with van der Waals surface area (Å²) >= 11 is 0. The fourth-order valence-corrected chi connectivity index (χ4v) is 4.92. The Balaban J connectivity index is 1.62. The normalized spacial score (nSPS) is 23.3. The van der Waals surface area contributed by atoms with E-state index in [2.05, 4.69) is 36.3 Å². The first kappa shape index (κ1) is 19.6. The molecule has 0 spiro atoms. The third-order valence-corrected chi connectivity index (χ3v) is 6.32. The lowest BCUT2D eigenvalue weighted by Gasteiger charge is -2.45. The van der Waals surface area contributed by atoms with Gasteiger partial charge in [0.05, 0.1) is 6.04 Å². The number of H-pyrrole nitrogens is 1. The molecular formula is C26H27N3O2. The van der Waals surface area contributed by atoms with Gasteiger partial charge in [-0.15, -0.1) is 0 Å². The average molecular weight is 414 g/mol. The fraction of sp³-hybridized carbons (Fsp3) is 0.308. The lowest BCUT2D eigenvalue weighted by atomic mass is 9.87. The second-order valence-electron chi connectivity index (χ2n) is 8.93. The van der Waals surface area contributed by atoms with E-state index >= 15 is 0 Å². The molecule has 0 aliphatic carbocycles. The highest BCUT2D eigenvalue weighted by atomic mass is 16.2. The molecule has 3 heterocycles. The van der Waals surface area contributed by atoms with Gasteiger partial charge in [0.15, 0.2) is 0 Å². The van der Waals surface area contributed by atoms with E-state index < -0.39 is 12.1 Å². The molecule has 5 nitrogen and oxygen atoms in total. The summed E-state index contributed by atoms with van der Waals surface area (Å²) < 4.78 is 0. The molecule has 5 heteroatoms. The molecule has 2 aliphatic rings. The van der Waals surface area contributed by atoms with E-state index in [1.165, 1.54) is 0 Å². The number of piperazine rings is 1. The third kappa shape index (κ3) is 3.44. The van der Waals surface area contributed by atoms with Gasteiger partial charge in [-0.25, -0.2) is 0 Å².